The molecule has 2 rings (SSSR count). The molecule has 0 fully saturated rings. The van der Waals surface area contributed by atoms with Gasteiger partial charge in [-0.1, -0.05) is 37.3 Å². The number of Topliss-reactive ketones (excluding diaryl/α,β-unsaturated/α-hetero) is 1. The molecule has 0 N–H and O–H groups in total. The minimum absolute atomic E-state index is 0.154. The van der Waals surface area contributed by atoms with Crippen LogP contribution < -0.4 is 0 Å². The van der Waals surface area contributed by atoms with E-state index in [1.165, 1.54) is 5.56 Å². The number of ketones is 1. The van der Waals surface area contributed by atoms with E-state index in [1.807, 2.05) is 36.7 Å². The van der Waals surface area contributed by atoms with Gasteiger partial charge in [0.05, 0.1) is 18.3 Å². The number of carbonyl (C=O) groups excluding carboxylic acids is 1. The van der Waals surface area contributed by atoms with Crippen molar-refractivity contribution >= 4 is 5.78 Å². The normalized spacial score (nSPS) is 10.5. The maximum Gasteiger partial charge on any atom is 0.166 e. The van der Waals surface area contributed by atoms with Crippen molar-refractivity contribution in [2.75, 3.05) is 0 Å². The van der Waals surface area contributed by atoms with Gasteiger partial charge in [-0.25, -0.2) is 0 Å². The van der Waals surface area contributed by atoms with Gasteiger partial charge in [0, 0.05) is 12.1 Å². The fourth-order valence-corrected chi connectivity index (χ4v) is 1.83. The van der Waals surface area contributed by atoms with Gasteiger partial charge >= 0.3 is 0 Å². The van der Waals surface area contributed by atoms with Gasteiger partial charge in [0.1, 0.15) is 0 Å². The van der Waals surface area contributed by atoms with Crippen LogP contribution in [0.1, 0.15) is 35.0 Å². The lowest BCUT2D eigenvalue weighted by molar-refractivity contribution is 0.0987. The molecule has 0 radical (unpaired) electrons. The number of carbonyl (C=O) groups is 1. The van der Waals surface area contributed by atoms with Crippen molar-refractivity contribution in [1.29, 1.82) is 0 Å². The second-order valence-electron chi connectivity index (χ2n) is 4.06. The molecule has 1 aromatic carbocycles. The lowest BCUT2D eigenvalue weighted by Gasteiger charge is -2.05. The van der Waals surface area contributed by atoms with Crippen molar-refractivity contribution in [2.24, 2.45) is 0 Å². The van der Waals surface area contributed by atoms with Crippen LogP contribution in [-0.2, 0) is 6.54 Å². The third-order valence-corrected chi connectivity index (χ3v) is 2.90. The summed E-state index contributed by atoms with van der Waals surface area (Å²) in [5, 5.41) is 4.28. The standard InChI is InChI=1S/C14H16N2O/c1-3-14(17)13-9-15-16(11(13)2)10-12-7-5-4-6-8-12/h4-9H,3,10H2,1-2H3. The van der Waals surface area contributed by atoms with Crippen LogP contribution >= 0.6 is 0 Å². The predicted octanol–water partition coefficient (Wildman–Crippen LogP) is 2.83. The van der Waals surface area contributed by atoms with Gasteiger partial charge < -0.3 is 0 Å². The smallest absolute Gasteiger partial charge is 0.166 e. The fourth-order valence-electron chi connectivity index (χ4n) is 1.83. The van der Waals surface area contributed by atoms with Gasteiger partial charge in [0.25, 0.3) is 0 Å². The molecule has 0 saturated carbocycles. The van der Waals surface area contributed by atoms with Crippen LogP contribution in [0.3, 0.4) is 0 Å². The first-order valence-electron chi connectivity index (χ1n) is 5.82. The zero-order valence-electron chi connectivity index (χ0n) is 10.2. The molecule has 0 amide bonds. The summed E-state index contributed by atoms with van der Waals surface area (Å²) in [5.74, 6) is 0.154. The fraction of sp³-hybridized carbons (Fsp3) is 0.286. The molecule has 1 aromatic heterocycles. The largest absolute Gasteiger partial charge is 0.294 e. The highest BCUT2D eigenvalue weighted by Crippen LogP contribution is 2.11. The van der Waals surface area contributed by atoms with Gasteiger partial charge in [-0.05, 0) is 12.5 Å². The highest BCUT2D eigenvalue weighted by molar-refractivity contribution is 5.96. The molecule has 0 saturated heterocycles. The van der Waals surface area contributed by atoms with E-state index in [9.17, 15) is 4.79 Å². The Labute approximate surface area is 101 Å². The Morgan fingerprint density at radius 1 is 1.29 bits per heavy atom. The summed E-state index contributed by atoms with van der Waals surface area (Å²) in [6, 6.07) is 10.1. The third-order valence-electron chi connectivity index (χ3n) is 2.90. The van der Waals surface area contributed by atoms with Crippen molar-refractivity contribution in [3.05, 3.63) is 53.3 Å². The summed E-state index contributed by atoms with van der Waals surface area (Å²) in [5.41, 5.74) is 2.87. The van der Waals surface area contributed by atoms with Gasteiger partial charge in [0.2, 0.25) is 0 Å². The molecule has 3 nitrogen and oxygen atoms in total. The topological polar surface area (TPSA) is 34.9 Å². The number of aromatic nitrogens is 2. The van der Waals surface area contributed by atoms with Crippen LogP contribution in [0.15, 0.2) is 36.5 Å². The number of rotatable bonds is 4. The number of hydrogen-bond acceptors (Lipinski definition) is 2. The number of benzene rings is 1. The predicted molar refractivity (Wildman–Crippen MR) is 67.1 cm³/mol. The highest BCUT2D eigenvalue weighted by atomic mass is 16.1. The van der Waals surface area contributed by atoms with E-state index in [2.05, 4.69) is 17.2 Å². The molecule has 0 aliphatic heterocycles. The minimum Gasteiger partial charge on any atom is -0.294 e. The van der Waals surface area contributed by atoms with Crippen molar-refractivity contribution in [2.45, 2.75) is 26.8 Å². The maximum absolute atomic E-state index is 11.6. The quantitative estimate of drug-likeness (QED) is 0.754. The zero-order valence-corrected chi connectivity index (χ0v) is 10.2. The molecule has 0 atom stereocenters. The Morgan fingerprint density at radius 2 is 2.00 bits per heavy atom. The molecule has 0 spiro atoms. The van der Waals surface area contributed by atoms with Crippen molar-refractivity contribution in [3.8, 4) is 0 Å². The van der Waals surface area contributed by atoms with Gasteiger partial charge in [0.15, 0.2) is 5.78 Å². The van der Waals surface area contributed by atoms with Gasteiger partial charge in [-0.15, -0.1) is 0 Å². The Hall–Kier alpha value is -1.90. The van der Waals surface area contributed by atoms with Crippen LogP contribution in [0.5, 0.6) is 0 Å². The Kier molecular flexibility index (Phi) is 3.38. The lowest BCUT2D eigenvalue weighted by Crippen LogP contribution is -2.05. The van der Waals surface area contributed by atoms with E-state index in [0.717, 1.165) is 11.3 Å². The van der Waals surface area contributed by atoms with Crippen LogP contribution in [0.25, 0.3) is 0 Å². The average Bonchev–Trinajstić information content (AvgIpc) is 2.72. The summed E-state index contributed by atoms with van der Waals surface area (Å²) in [4.78, 5) is 11.6. The van der Waals surface area contributed by atoms with E-state index >= 15 is 0 Å². The van der Waals surface area contributed by atoms with Gasteiger partial charge in [-0.2, -0.15) is 5.10 Å². The first-order valence-corrected chi connectivity index (χ1v) is 5.82. The summed E-state index contributed by atoms with van der Waals surface area (Å²) >= 11 is 0. The zero-order chi connectivity index (χ0) is 12.3. The molecule has 88 valence electrons. The van der Waals surface area contributed by atoms with Crippen molar-refractivity contribution in [3.63, 3.8) is 0 Å². The monoisotopic (exact) mass is 228 g/mol. The summed E-state index contributed by atoms with van der Waals surface area (Å²) < 4.78 is 1.87. The Morgan fingerprint density at radius 3 is 2.65 bits per heavy atom. The molecule has 17 heavy (non-hydrogen) atoms. The first kappa shape index (κ1) is 11.6. The molecule has 0 unspecified atom stereocenters. The first-order chi connectivity index (χ1) is 8.22. The Bertz CT molecular complexity index is 514. The SMILES string of the molecule is CCC(=O)c1cnn(Cc2ccccc2)c1C. The maximum atomic E-state index is 11.6. The minimum atomic E-state index is 0.154. The van der Waals surface area contributed by atoms with E-state index < -0.39 is 0 Å². The average molecular weight is 228 g/mol. The molecule has 0 aliphatic carbocycles. The summed E-state index contributed by atoms with van der Waals surface area (Å²) in [6.07, 6.45) is 2.20. The van der Waals surface area contributed by atoms with E-state index in [-0.39, 0.29) is 5.78 Å². The number of nitrogens with zero attached hydrogens (tertiary/aromatic N) is 2. The third kappa shape index (κ3) is 2.44. The summed E-state index contributed by atoms with van der Waals surface area (Å²) in [6.45, 7) is 4.53. The van der Waals surface area contributed by atoms with E-state index in [1.54, 1.807) is 6.20 Å². The second-order valence-corrected chi connectivity index (χ2v) is 4.06. The van der Waals surface area contributed by atoms with Crippen LogP contribution in [0, 0.1) is 6.92 Å². The molecule has 2 aromatic rings. The van der Waals surface area contributed by atoms with Gasteiger partial charge in [-0.3, -0.25) is 9.48 Å². The van der Waals surface area contributed by atoms with Crippen molar-refractivity contribution < 1.29 is 4.79 Å². The Balaban J connectivity index is 2.24. The van der Waals surface area contributed by atoms with E-state index in [0.29, 0.717) is 13.0 Å². The van der Waals surface area contributed by atoms with Crippen molar-refractivity contribution in [1.82, 2.24) is 9.78 Å². The summed E-state index contributed by atoms with van der Waals surface area (Å²) in [7, 11) is 0. The molecule has 0 bridgehead atoms. The van der Waals surface area contributed by atoms with Crippen LogP contribution in [-0.4, -0.2) is 15.6 Å². The number of hydrogen-bond donors (Lipinski definition) is 0. The molecule has 1 heterocycles. The molecular formula is C14H16N2O. The molecular weight excluding hydrogens is 212 g/mol. The van der Waals surface area contributed by atoms with Crippen LogP contribution in [0.2, 0.25) is 0 Å². The molecule has 3 heteroatoms. The molecule has 0 aliphatic rings. The van der Waals surface area contributed by atoms with E-state index in [4.69, 9.17) is 0 Å². The second kappa shape index (κ2) is 4.95. The highest BCUT2D eigenvalue weighted by Gasteiger charge is 2.12. The van der Waals surface area contributed by atoms with Crippen LogP contribution in [0.4, 0.5) is 0 Å². The lowest BCUT2D eigenvalue weighted by atomic mass is 10.1.